The summed E-state index contributed by atoms with van der Waals surface area (Å²) in [6.45, 7) is 19.4. The fourth-order valence-corrected chi connectivity index (χ4v) is 17.1. The van der Waals surface area contributed by atoms with Crippen molar-refractivity contribution in [3.63, 3.8) is 0 Å². The third-order valence-corrected chi connectivity index (χ3v) is 22.4. The molecule has 0 saturated carbocycles. The van der Waals surface area contributed by atoms with Crippen LogP contribution in [0, 0.1) is 0 Å². The first kappa shape index (κ1) is 52.3. The monoisotopic (exact) mass is 1400 g/mol. The molecule has 0 aliphatic carbocycles. The van der Waals surface area contributed by atoms with E-state index in [9.17, 15) is 16.4 Å². The molecule has 6 heteroatoms. The molecule has 0 fully saturated rings. The Labute approximate surface area is 650 Å². The maximum absolute atomic E-state index is 10.3. The normalized spacial score (nSPS) is 14.7. The second-order valence-corrected chi connectivity index (χ2v) is 31.9. The molecule has 15 aromatic carbocycles. The van der Waals surface area contributed by atoms with E-state index in [0.717, 1.165) is 122 Å². The van der Waals surface area contributed by atoms with Crippen LogP contribution in [0.15, 0.2) is 333 Å². The minimum Gasteiger partial charge on any atom is -0.310 e. The zero-order chi connectivity index (χ0) is 84.4. The molecule has 0 amide bonds. The lowest BCUT2D eigenvalue weighted by Gasteiger charge is -2.46. The van der Waals surface area contributed by atoms with Crippen LogP contribution in [0.3, 0.4) is 0 Å². The molecule has 0 spiro atoms. The lowest BCUT2D eigenvalue weighted by Crippen LogP contribution is -2.61. The molecule has 2 aliphatic rings. The summed E-state index contributed by atoms with van der Waals surface area (Å²) in [6.07, 6.45) is 0. The first-order valence-corrected chi connectivity index (χ1v) is 37.1. The zero-order valence-electron chi connectivity index (χ0n) is 74.6. The average molecular weight is 1400 g/mol. The molecule has 3 aromatic heterocycles. The molecule has 518 valence electrons. The number of rotatable bonds is 9. The van der Waals surface area contributed by atoms with E-state index in [4.69, 9.17) is 1.37 Å². The predicted octanol–water partition coefficient (Wildman–Crippen LogP) is 25.6. The summed E-state index contributed by atoms with van der Waals surface area (Å²) in [6, 6.07) is 82.4. The minimum absolute atomic E-state index is 0.0134. The largest absolute Gasteiger partial charge is 0.310 e. The van der Waals surface area contributed by atoms with Crippen molar-refractivity contribution in [3.05, 3.63) is 350 Å². The number of aromatic nitrogens is 3. The van der Waals surface area contributed by atoms with Crippen molar-refractivity contribution in [2.75, 3.05) is 9.80 Å². The molecule has 0 radical (unpaired) electrons. The SMILES string of the molecule is [2H]c1c([2H])c([2H])c(-c2ccc3c(c2)N(c2c(-c4ccccc4)ccc4c2c2ccccc2n4-c2ccccc2)c2cc(-n4c5c([2H])c([2H])c([2H])c([2H])c5c5c([2H])c([2H])c([2H])c([2H])c54)cc4c2B3c2ccc(-n3c5ccc(C(C)(C)C)cc5c5cc(C(C)(C)C)ccc53)cc2N4c2c(-c3ccccc3)cc(C(C)(C)C)cc2-c2ccccc2)c([2H])c1[2H]. The number of para-hydroxylation sites is 4. The van der Waals surface area contributed by atoms with Crippen LogP contribution in [-0.4, -0.2) is 20.4 Å². The second kappa shape index (κ2) is 24.5. The second-order valence-electron chi connectivity index (χ2n) is 31.9. The highest BCUT2D eigenvalue weighted by Crippen LogP contribution is 2.56. The first-order chi connectivity index (χ1) is 57.9. The van der Waals surface area contributed by atoms with Gasteiger partial charge < -0.3 is 23.5 Å². The zero-order valence-corrected chi connectivity index (χ0v) is 61.6. The van der Waals surface area contributed by atoms with Crippen molar-refractivity contribution in [2.24, 2.45) is 0 Å². The van der Waals surface area contributed by atoms with Gasteiger partial charge in [0.05, 0.1) is 68.0 Å². The summed E-state index contributed by atoms with van der Waals surface area (Å²) in [5.41, 5.74) is 20.0. The maximum atomic E-state index is 10.3. The number of anilines is 6. The molecule has 0 unspecified atom stereocenters. The average Bonchev–Trinajstić information content (AvgIpc) is 1.65. The molecule has 5 heterocycles. The van der Waals surface area contributed by atoms with Crippen molar-refractivity contribution in [2.45, 2.75) is 78.6 Å². The molecule has 20 rings (SSSR count). The van der Waals surface area contributed by atoms with E-state index in [-0.39, 0.29) is 43.9 Å². The van der Waals surface area contributed by atoms with Gasteiger partial charge in [-0.15, -0.1) is 0 Å². The smallest absolute Gasteiger partial charge is 0.252 e. The fraction of sp³-hybridized carbons (Fsp3) is 0.118. The number of fused-ring (bicyclic) bond motifs is 13. The van der Waals surface area contributed by atoms with Gasteiger partial charge in [-0.1, -0.05) is 293 Å². The van der Waals surface area contributed by atoms with Crippen LogP contribution >= 0.6 is 0 Å². The van der Waals surface area contributed by atoms with E-state index < -0.39 is 90.7 Å². The maximum Gasteiger partial charge on any atom is 0.252 e. The lowest BCUT2D eigenvalue weighted by atomic mass is 9.33. The molecule has 5 nitrogen and oxygen atoms in total. The summed E-state index contributed by atoms with van der Waals surface area (Å²) in [5, 5.41) is 3.70. The van der Waals surface area contributed by atoms with Crippen LogP contribution in [0.1, 0.15) is 96.8 Å². The Morgan fingerprint density at radius 2 is 0.713 bits per heavy atom. The van der Waals surface area contributed by atoms with Crippen LogP contribution in [0.5, 0.6) is 0 Å². The molecule has 0 saturated heterocycles. The molecular formula is C102H82BN5. The predicted molar refractivity (Wildman–Crippen MR) is 461 cm³/mol. The molecule has 18 aromatic rings. The highest BCUT2D eigenvalue weighted by atomic mass is 15.2. The number of nitrogens with zero attached hydrogens (tertiary/aromatic N) is 5. The quantitative estimate of drug-likeness (QED) is 0.134. The summed E-state index contributed by atoms with van der Waals surface area (Å²) in [7, 11) is 0. The van der Waals surface area contributed by atoms with Crippen molar-refractivity contribution in [1.82, 2.24) is 13.7 Å². The van der Waals surface area contributed by atoms with E-state index in [1.165, 1.54) is 11.1 Å². The van der Waals surface area contributed by atoms with E-state index in [1.54, 1.807) is 4.57 Å². The van der Waals surface area contributed by atoms with Crippen LogP contribution in [0.25, 0.3) is 127 Å². The van der Waals surface area contributed by atoms with Gasteiger partial charge in [0, 0.05) is 83.1 Å². The van der Waals surface area contributed by atoms with Crippen molar-refractivity contribution < 1.29 is 17.8 Å². The van der Waals surface area contributed by atoms with Gasteiger partial charge in [-0.3, -0.25) is 0 Å². The van der Waals surface area contributed by atoms with Crippen LogP contribution in [0.4, 0.5) is 34.1 Å². The Bertz CT molecular complexity index is 7270. The number of hydrogen-bond acceptors (Lipinski definition) is 2. The highest BCUT2D eigenvalue weighted by molar-refractivity contribution is 7.00. The molecule has 0 N–H and O–H groups in total. The molecule has 2 aliphatic heterocycles. The van der Waals surface area contributed by atoms with Crippen LogP contribution in [0.2, 0.25) is 0 Å². The Morgan fingerprint density at radius 3 is 1.28 bits per heavy atom. The van der Waals surface area contributed by atoms with Crippen LogP contribution in [-0.2, 0) is 16.2 Å². The topological polar surface area (TPSA) is 21.3 Å². The van der Waals surface area contributed by atoms with Gasteiger partial charge in [0.2, 0.25) is 0 Å². The number of benzene rings is 15. The molecule has 0 atom stereocenters. The van der Waals surface area contributed by atoms with Crippen LogP contribution < -0.4 is 26.2 Å². The standard InChI is InChI=1S/C102H82BN5/c1-100(2,3)70-48-54-89-82(58-70)83-59-71(101(4,5)6)49-55-90(83)105(89)74-50-53-85-93(62-74)107(98-80(67-35-19-12-20-36-67)60-72(102(7,8)9)61-81(98)68-37-21-13-22-38-68)94-63-75(106-86-44-28-25-41-77(86)78-42-26-29-45-87(78)106)64-95-97(94)103(85)84-52-47-69(65-31-15-10-16-32-65)57-92(84)108(95)99-76(66-33-17-11-18-34-66)51-56-91-96(99)79-43-27-30-46-88(79)104(91)73-39-23-14-24-40-73/h10-64H,1-9H3/i10D,15D,16D,25D,26D,28D,29D,31D,32D,41D,42D,44D,45D. The highest BCUT2D eigenvalue weighted by Gasteiger charge is 2.46. The summed E-state index contributed by atoms with van der Waals surface area (Å²) in [4.78, 5) is 4.64. The minimum atomic E-state index is -0.756. The van der Waals surface area contributed by atoms with E-state index in [2.05, 4.69) is 257 Å². The molecular weight excluding hydrogens is 1310 g/mol. The van der Waals surface area contributed by atoms with Gasteiger partial charge in [0.25, 0.3) is 6.71 Å². The summed E-state index contributed by atoms with van der Waals surface area (Å²) < 4.78 is 132. The van der Waals surface area contributed by atoms with Gasteiger partial charge >= 0.3 is 0 Å². The number of hydrogen-bond donors (Lipinski definition) is 0. The Morgan fingerprint density at radius 1 is 0.269 bits per heavy atom. The van der Waals surface area contributed by atoms with Crippen molar-refractivity contribution >= 4 is 123 Å². The fourth-order valence-electron chi connectivity index (χ4n) is 17.1. The summed E-state index contributed by atoms with van der Waals surface area (Å²) in [5.74, 6) is 0. The van der Waals surface area contributed by atoms with Gasteiger partial charge in [0.15, 0.2) is 0 Å². The van der Waals surface area contributed by atoms with E-state index >= 15 is 0 Å². The summed E-state index contributed by atoms with van der Waals surface area (Å²) >= 11 is 0. The van der Waals surface area contributed by atoms with Crippen molar-refractivity contribution in [1.29, 1.82) is 0 Å². The van der Waals surface area contributed by atoms with Gasteiger partial charge in [-0.25, -0.2) is 0 Å². The van der Waals surface area contributed by atoms with Gasteiger partial charge in [-0.2, -0.15) is 0 Å². The Hall–Kier alpha value is -12.6. The molecule has 0 bridgehead atoms. The van der Waals surface area contributed by atoms with Crippen molar-refractivity contribution in [3.8, 4) is 61.6 Å². The van der Waals surface area contributed by atoms with Gasteiger partial charge in [-0.05, 0) is 180 Å². The third kappa shape index (κ3) is 10.2. The third-order valence-electron chi connectivity index (χ3n) is 22.4. The Kier molecular flexibility index (Phi) is 11.9. The Balaban J connectivity index is 1.05. The first-order valence-electron chi connectivity index (χ1n) is 43.6. The van der Waals surface area contributed by atoms with E-state index in [0.29, 0.717) is 28.3 Å². The lowest BCUT2D eigenvalue weighted by molar-refractivity contribution is 0.590. The van der Waals surface area contributed by atoms with E-state index in [1.807, 2.05) is 78.9 Å². The molecule has 108 heavy (non-hydrogen) atoms. The van der Waals surface area contributed by atoms with Gasteiger partial charge in [0.1, 0.15) is 0 Å².